The molecule has 0 fully saturated rings. The van der Waals surface area contributed by atoms with Gasteiger partial charge in [-0.2, -0.15) is 0 Å². The van der Waals surface area contributed by atoms with Crippen LogP contribution in [-0.2, 0) is 6.54 Å². The molecule has 2 rings (SSSR count). The quantitative estimate of drug-likeness (QED) is 0.932. The molecule has 6 heteroatoms. The third-order valence-electron chi connectivity index (χ3n) is 2.66. The number of benzene rings is 1. The van der Waals surface area contributed by atoms with Crippen LogP contribution in [0.4, 0.5) is 4.39 Å². The molecule has 0 radical (unpaired) electrons. The molecule has 104 valence electrons. The highest BCUT2D eigenvalue weighted by Crippen LogP contribution is 2.18. The van der Waals surface area contributed by atoms with E-state index in [9.17, 15) is 9.18 Å². The Hall–Kier alpha value is -1.95. The highest BCUT2D eigenvalue weighted by Gasteiger charge is 2.12. The highest BCUT2D eigenvalue weighted by atomic mass is 79.9. The number of ether oxygens (including phenoxy) is 1. The van der Waals surface area contributed by atoms with Crippen LogP contribution in [0.3, 0.4) is 0 Å². The molecule has 0 atom stereocenters. The van der Waals surface area contributed by atoms with Gasteiger partial charge in [-0.05, 0) is 40.2 Å². The summed E-state index contributed by atoms with van der Waals surface area (Å²) < 4.78 is 18.8. The number of aromatic nitrogens is 1. The molecule has 1 aromatic heterocycles. The van der Waals surface area contributed by atoms with E-state index >= 15 is 0 Å². The van der Waals surface area contributed by atoms with Gasteiger partial charge in [0.25, 0.3) is 5.91 Å². The van der Waals surface area contributed by atoms with E-state index in [2.05, 4.69) is 26.2 Å². The number of hydrogen-bond donors (Lipinski definition) is 1. The molecule has 0 aliphatic rings. The summed E-state index contributed by atoms with van der Waals surface area (Å²) in [6.45, 7) is 0.249. The maximum atomic E-state index is 13.2. The van der Waals surface area contributed by atoms with Gasteiger partial charge in [0.1, 0.15) is 5.82 Å². The number of nitrogens with zero attached hydrogens (tertiary/aromatic N) is 1. The molecule has 0 aliphatic carbocycles. The van der Waals surface area contributed by atoms with Crippen LogP contribution >= 0.6 is 15.9 Å². The number of hydrogen-bond acceptors (Lipinski definition) is 3. The maximum absolute atomic E-state index is 13.2. The van der Waals surface area contributed by atoms with E-state index < -0.39 is 5.82 Å². The minimum atomic E-state index is -0.461. The molecule has 0 unspecified atom stereocenters. The predicted molar refractivity (Wildman–Crippen MR) is 76.1 cm³/mol. The van der Waals surface area contributed by atoms with Crippen LogP contribution in [-0.4, -0.2) is 18.0 Å². The molecule has 1 aromatic carbocycles. The molecule has 0 spiro atoms. The Bertz CT molecular complexity index is 634. The Balaban J connectivity index is 2.11. The lowest BCUT2D eigenvalue weighted by atomic mass is 10.2. The third kappa shape index (κ3) is 3.33. The summed E-state index contributed by atoms with van der Waals surface area (Å²) in [7, 11) is 1.51. The van der Waals surface area contributed by atoms with Gasteiger partial charge in [0.15, 0.2) is 0 Å². The van der Waals surface area contributed by atoms with Crippen LogP contribution in [0.15, 0.2) is 41.0 Å². The first-order valence-corrected chi connectivity index (χ1v) is 6.62. The molecule has 20 heavy (non-hydrogen) atoms. The van der Waals surface area contributed by atoms with E-state index in [0.717, 1.165) is 5.56 Å². The SMILES string of the molecule is COc1ncccc1CNC(=O)c1cc(F)ccc1Br. The second-order valence-electron chi connectivity index (χ2n) is 3.98. The molecule has 0 aliphatic heterocycles. The molecule has 0 saturated heterocycles. The van der Waals surface area contributed by atoms with Gasteiger partial charge in [0.2, 0.25) is 5.88 Å². The lowest BCUT2D eigenvalue weighted by Gasteiger charge is -2.09. The van der Waals surface area contributed by atoms with E-state index in [1.165, 1.54) is 25.3 Å². The van der Waals surface area contributed by atoms with Crippen molar-refractivity contribution in [3.05, 3.63) is 57.9 Å². The summed E-state index contributed by atoms with van der Waals surface area (Å²) in [5.74, 6) is -0.384. The van der Waals surface area contributed by atoms with E-state index in [0.29, 0.717) is 10.4 Å². The maximum Gasteiger partial charge on any atom is 0.252 e. The van der Waals surface area contributed by atoms with Crippen molar-refractivity contribution in [2.75, 3.05) is 7.11 Å². The van der Waals surface area contributed by atoms with Crippen molar-refractivity contribution in [2.45, 2.75) is 6.54 Å². The van der Waals surface area contributed by atoms with Crippen LogP contribution in [0.5, 0.6) is 5.88 Å². The van der Waals surface area contributed by atoms with Gasteiger partial charge in [-0.15, -0.1) is 0 Å². The number of carbonyl (C=O) groups is 1. The zero-order valence-electron chi connectivity index (χ0n) is 10.7. The fraction of sp³-hybridized carbons (Fsp3) is 0.143. The van der Waals surface area contributed by atoms with Crippen molar-refractivity contribution < 1.29 is 13.9 Å². The predicted octanol–water partition coefficient (Wildman–Crippen LogP) is 2.92. The fourth-order valence-electron chi connectivity index (χ4n) is 1.68. The molecule has 1 amide bonds. The Morgan fingerprint density at radius 1 is 1.45 bits per heavy atom. The standard InChI is InChI=1S/C14H12BrFN2O2/c1-20-14-9(3-2-6-17-14)8-18-13(19)11-7-10(16)4-5-12(11)15/h2-7H,8H2,1H3,(H,18,19). The molecule has 1 N–H and O–H groups in total. The molecular weight excluding hydrogens is 327 g/mol. The number of rotatable bonds is 4. The molecule has 0 bridgehead atoms. The molecule has 0 saturated carbocycles. The number of amides is 1. The normalized spacial score (nSPS) is 10.2. The summed E-state index contributed by atoms with van der Waals surface area (Å²) in [6.07, 6.45) is 1.60. The summed E-state index contributed by atoms with van der Waals surface area (Å²) in [5.41, 5.74) is 0.990. The molecular formula is C14H12BrFN2O2. The van der Waals surface area contributed by atoms with Crippen molar-refractivity contribution >= 4 is 21.8 Å². The first kappa shape index (κ1) is 14.5. The minimum absolute atomic E-state index is 0.243. The van der Waals surface area contributed by atoms with Gasteiger partial charge < -0.3 is 10.1 Å². The number of carbonyl (C=O) groups excluding carboxylic acids is 1. The lowest BCUT2D eigenvalue weighted by Crippen LogP contribution is -2.23. The Morgan fingerprint density at radius 2 is 2.25 bits per heavy atom. The molecule has 4 nitrogen and oxygen atoms in total. The lowest BCUT2D eigenvalue weighted by molar-refractivity contribution is 0.0949. The van der Waals surface area contributed by atoms with E-state index in [1.54, 1.807) is 18.3 Å². The van der Waals surface area contributed by atoms with Crippen LogP contribution in [0.1, 0.15) is 15.9 Å². The highest BCUT2D eigenvalue weighted by molar-refractivity contribution is 9.10. The first-order valence-electron chi connectivity index (χ1n) is 5.83. The summed E-state index contributed by atoms with van der Waals surface area (Å²) >= 11 is 3.22. The van der Waals surface area contributed by atoms with Gasteiger partial charge in [-0.25, -0.2) is 9.37 Å². The van der Waals surface area contributed by atoms with Crippen LogP contribution in [0, 0.1) is 5.82 Å². The molecule has 1 heterocycles. The van der Waals surface area contributed by atoms with Crippen LogP contribution in [0.25, 0.3) is 0 Å². The van der Waals surface area contributed by atoms with Gasteiger partial charge in [-0.1, -0.05) is 6.07 Å². The summed E-state index contributed by atoms with van der Waals surface area (Å²) in [6, 6.07) is 7.51. The topological polar surface area (TPSA) is 51.2 Å². The van der Waals surface area contributed by atoms with E-state index in [-0.39, 0.29) is 18.0 Å². The van der Waals surface area contributed by atoms with Gasteiger partial charge >= 0.3 is 0 Å². The summed E-state index contributed by atoms with van der Waals surface area (Å²) in [4.78, 5) is 16.1. The third-order valence-corrected chi connectivity index (χ3v) is 3.35. The van der Waals surface area contributed by atoms with Crippen molar-refractivity contribution in [1.29, 1.82) is 0 Å². The van der Waals surface area contributed by atoms with Crippen LogP contribution in [0.2, 0.25) is 0 Å². The summed E-state index contributed by atoms with van der Waals surface area (Å²) in [5, 5.41) is 2.70. The molecule has 2 aromatic rings. The Labute approximate surface area is 124 Å². The van der Waals surface area contributed by atoms with Crippen LogP contribution < -0.4 is 10.1 Å². The van der Waals surface area contributed by atoms with E-state index in [1.807, 2.05) is 0 Å². The fourth-order valence-corrected chi connectivity index (χ4v) is 2.11. The number of pyridine rings is 1. The van der Waals surface area contributed by atoms with Crippen molar-refractivity contribution in [3.8, 4) is 5.88 Å². The second-order valence-corrected chi connectivity index (χ2v) is 4.83. The zero-order chi connectivity index (χ0) is 14.5. The largest absolute Gasteiger partial charge is 0.481 e. The minimum Gasteiger partial charge on any atom is -0.481 e. The smallest absolute Gasteiger partial charge is 0.252 e. The second kappa shape index (κ2) is 6.47. The number of nitrogens with one attached hydrogen (secondary N) is 1. The van der Waals surface area contributed by atoms with Crippen molar-refractivity contribution in [2.24, 2.45) is 0 Å². The van der Waals surface area contributed by atoms with E-state index in [4.69, 9.17) is 4.74 Å². The Morgan fingerprint density at radius 3 is 3.00 bits per heavy atom. The van der Waals surface area contributed by atoms with Gasteiger partial charge in [0.05, 0.1) is 12.7 Å². The monoisotopic (exact) mass is 338 g/mol. The zero-order valence-corrected chi connectivity index (χ0v) is 12.3. The Kier molecular flexibility index (Phi) is 4.68. The van der Waals surface area contributed by atoms with Gasteiger partial charge in [0, 0.05) is 22.8 Å². The number of halogens is 2. The number of methoxy groups -OCH3 is 1. The average Bonchev–Trinajstić information content (AvgIpc) is 2.47. The van der Waals surface area contributed by atoms with Crippen molar-refractivity contribution in [3.63, 3.8) is 0 Å². The van der Waals surface area contributed by atoms with Gasteiger partial charge in [-0.3, -0.25) is 4.79 Å². The first-order chi connectivity index (χ1) is 9.61. The average molecular weight is 339 g/mol. The van der Waals surface area contributed by atoms with Crippen molar-refractivity contribution in [1.82, 2.24) is 10.3 Å².